The molecule has 4 rings (SSSR count). The third-order valence-electron chi connectivity index (χ3n) is 6.28. The fraction of sp³-hybridized carbons (Fsp3) is 0.308. The fourth-order valence-electron chi connectivity index (χ4n) is 4.49. The van der Waals surface area contributed by atoms with Gasteiger partial charge in [0, 0.05) is 5.56 Å². The van der Waals surface area contributed by atoms with E-state index in [4.69, 9.17) is 0 Å². The van der Waals surface area contributed by atoms with E-state index in [0.717, 1.165) is 25.0 Å². The largest absolute Gasteiger partial charge is 0.206 e. The summed E-state index contributed by atoms with van der Waals surface area (Å²) in [6.45, 7) is 1.98. The predicted octanol–water partition coefficient (Wildman–Crippen LogP) is 7.80. The van der Waals surface area contributed by atoms with Crippen LogP contribution in [0.3, 0.4) is 0 Å². The molecule has 0 heterocycles. The Morgan fingerprint density at radius 1 is 0.812 bits per heavy atom. The summed E-state index contributed by atoms with van der Waals surface area (Å²) in [4.78, 5) is 0. The highest BCUT2D eigenvalue weighted by atomic mass is 19.2. The molecular weight excluding hydrogens is 426 g/mol. The number of fused-ring (bicyclic) bond motifs is 1. The van der Waals surface area contributed by atoms with Gasteiger partial charge in [0.15, 0.2) is 29.1 Å². The molecule has 0 saturated carbocycles. The van der Waals surface area contributed by atoms with Crippen molar-refractivity contribution in [1.82, 2.24) is 0 Å². The monoisotopic (exact) mass is 448 g/mol. The lowest BCUT2D eigenvalue weighted by Crippen LogP contribution is -2.16. The van der Waals surface area contributed by atoms with Crippen LogP contribution >= 0.6 is 0 Å². The quantitative estimate of drug-likeness (QED) is 0.276. The molecule has 6 heteroatoms. The van der Waals surface area contributed by atoms with E-state index in [9.17, 15) is 22.0 Å². The van der Waals surface area contributed by atoms with E-state index in [2.05, 4.69) is 0 Å². The van der Waals surface area contributed by atoms with Gasteiger partial charge in [0.05, 0.1) is 0 Å². The summed E-state index contributed by atoms with van der Waals surface area (Å²) in [5, 5.41) is 0. The van der Waals surface area contributed by atoms with Gasteiger partial charge in [-0.25, -0.2) is 26.3 Å². The Balaban J connectivity index is 1.63. The number of unbranched alkanes of at least 4 members (excludes halogenated alkanes) is 1. The van der Waals surface area contributed by atoms with Crippen molar-refractivity contribution in [2.45, 2.75) is 51.4 Å². The molecule has 1 aliphatic carbocycles. The normalized spacial score (nSPS) is 15.7. The molecule has 3 aromatic rings. The molecule has 0 amide bonds. The first-order valence-electron chi connectivity index (χ1n) is 10.7. The molecule has 0 radical (unpaired) electrons. The van der Waals surface area contributed by atoms with Gasteiger partial charge in [0.25, 0.3) is 0 Å². The molecule has 0 saturated heterocycles. The Bertz CT molecular complexity index is 1140. The molecule has 0 spiro atoms. The number of aryl methyl sites for hydroxylation is 1. The predicted molar refractivity (Wildman–Crippen MR) is 111 cm³/mol. The van der Waals surface area contributed by atoms with Gasteiger partial charge in [-0.3, -0.25) is 0 Å². The van der Waals surface area contributed by atoms with Crippen LogP contribution in [-0.4, -0.2) is 0 Å². The summed E-state index contributed by atoms with van der Waals surface area (Å²) in [5.41, 5.74) is 1.53. The summed E-state index contributed by atoms with van der Waals surface area (Å²) >= 11 is 0. The zero-order chi connectivity index (χ0) is 23.0. The Morgan fingerprint density at radius 3 is 2.22 bits per heavy atom. The van der Waals surface area contributed by atoms with Crippen molar-refractivity contribution in [3.8, 4) is 11.1 Å². The maximum atomic E-state index is 15.2. The van der Waals surface area contributed by atoms with E-state index >= 15 is 4.39 Å². The van der Waals surface area contributed by atoms with E-state index in [1.54, 1.807) is 18.2 Å². The maximum Gasteiger partial charge on any atom is 0.194 e. The number of hydrogen-bond donors (Lipinski definition) is 0. The second-order valence-electron chi connectivity index (χ2n) is 8.30. The second kappa shape index (κ2) is 9.00. The molecular formula is C26H22F6. The van der Waals surface area contributed by atoms with E-state index in [1.165, 1.54) is 6.07 Å². The van der Waals surface area contributed by atoms with Crippen LogP contribution in [0.25, 0.3) is 11.1 Å². The maximum absolute atomic E-state index is 15.2. The Labute approximate surface area is 182 Å². The van der Waals surface area contributed by atoms with Gasteiger partial charge < -0.3 is 0 Å². The molecule has 3 aromatic carbocycles. The van der Waals surface area contributed by atoms with Crippen LogP contribution in [0.4, 0.5) is 26.3 Å². The van der Waals surface area contributed by atoms with Gasteiger partial charge in [-0.1, -0.05) is 37.6 Å². The molecule has 0 aromatic heterocycles. The first-order valence-corrected chi connectivity index (χ1v) is 10.7. The van der Waals surface area contributed by atoms with Gasteiger partial charge in [-0.2, -0.15) is 0 Å². The highest BCUT2D eigenvalue weighted by molar-refractivity contribution is 5.66. The van der Waals surface area contributed by atoms with Crippen LogP contribution in [0.2, 0.25) is 0 Å². The molecule has 0 aliphatic heterocycles. The molecule has 168 valence electrons. The molecule has 1 aliphatic rings. The molecule has 0 N–H and O–H groups in total. The standard InChI is InChI=1S/C26H22F6/c1-2-3-4-14-5-8-19(25(31)23(14)29)16-6-9-18-15(11-16)7-10-20(24(18)30)17-12-21(27)26(32)22(28)13-17/h5,7-8,10,12-13,16H,2-4,6,9,11H2,1H3. The van der Waals surface area contributed by atoms with Crippen LogP contribution in [0.5, 0.6) is 0 Å². The minimum atomic E-state index is -1.61. The fourth-order valence-corrected chi connectivity index (χ4v) is 4.49. The number of benzene rings is 3. The van der Waals surface area contributed by atoms with Crippen LogP contribution in [0, 0.1) is 34.9 Å². The molecule has 1 unspecified atom stereocenters. The van der Waals surface area contributed by atoms with Gasteiger partial charge in [-0.05, 0) is 78.0 Å². The van der Waals surface area contributed by atoms with E-state index < -0.39 is 34.9 Å². The lowest BCUT2D eigenvalue weighted by molar-refractivity contribution is 0.447. The smallest absolute Gasteiger partial charge is 0.194 e. The summed E-state index contributed by atoms with van der Waals surface area (Å²) in [6, 6.07) is 7.77. The first-order chi connectivity index (χ1) is 15.3. The molecule has 32 heavy (non-hydrogen) atoms. The summed E-state index contributed by atoms with van der Waals surface area (Å²) in [7, 11) is 0. The Morgan fingerprint density at radius 2 is 1.53 bits per heavy atom. The lowest BCUT2D eigenvalue weighted by atomic mass is 9.78. The van der Waals surface area contributed by atoms with E-state index in [-0.39, 0.29) is 29.0 Å². The van der Waals surface area contributed by atoms with Crippen molar-refractivity contribution in [3.63, 3.8) is 0 Å². The van der Waals surface area contributed by atoms with Crippen LogP contribution in [0.1, 0.15) is 54.4 Å². The van der Waals surface area contributed by atoms with Gasteiger partial charge in [-0.15, -0.1) is 0 Å². The van der Waals surface area contributed by atoms with Gasteiger partial charge in [0.1, 0.15) is 5.82 Å². The second-order valence-corrected chi connectivity index (χ2v) is 8.30. The van der Waals surface area contributed by atoms with Crippen molar-refractivity contribution in [2.75, 3.05) is 0 Å². The average Bonchev–Trinajstić information content (AvgIpc) is 2.78. The molecule has 0 fully saturated rings. The lowest BCUT2D eigenvalue weighted by Gasteiger charge is -2.27. The van der Waals surface area contributed by atoms with Crippen molar-refractivity contribution < 1.29 is 26.3 Å². The number of hydrogen-bond acceptors (Lipinski definition) is 0. The summed E-state index contributed by atoms with van der Waals surface area (Å²) < 4.78 is 84.9. The van der Waals surface area contributed by atoms with Crippen molar-refractivity contribution in [2.24, 2.45) is 0 Å². The number of rotatable bonds is 5. The molecule has 0 nitrogen and oxygen atoms in total. The third kappa shape index (κ3) is 4.03. The van der Waals surface area contributed by atoms with Gasteiger partial charge >= 0.3 is 0 Å². The van der Waals surface area contributed by atoms with Crippen molar-refractivity contribution >= 4 is 0 Å². The first kappa shape index (κ1) is 22.4. The van der Waals surface area contributed by atoms with E-state index in [1.807, 2.05) is 6.92 Å². The van der Waals surface area contributed by atoms with Crippen molar-refractivity contribution in [1.29, 1.82) is 0 Å². The minimum Gasteiger partial charge on any atom is -0.206 e. The SMILES string of the molecule is CCCCc1ccc(C2CCc3c(ccc(-c4cc(F)c(F)c(F)c4)c3F)C2)c(F)c1F. The zero-order valence-corrected chi connectivity index (χ0v) is 17.6. The van der Waals surface area contributed by atoms with Crippen LogP contribution in [-0.2, 0) is 19.3 Å². The highest BCUT2D eigenvalue weighted by Gasteiger charge is 2.28. The number of halogens is 6. The average molecular weight is 448 g/mol. The van der Waals surface area contributed by atoms with Crippen molar-refractivity contribution in [3.05, 3.63) is 93.6 Å². The third-order valence-corrected chi connectivity index (χ3v) is 6.28. The summed E-state index contributed by atoms with van der Waals surface area (Å²) in [6.07, 6.45) is 3.13. The minimum absolute atomic E-state index is 0.0301. The van der Waals surface area contributed by atoms with Gasteiger partial charge in [0.2, 0.25) is 0 Å². The Kier molecular flexibility index (Phi) is 6.31. The summed E-state index contributed by atoms with van der Waals surface area (Å²) in [5.74, 6) is -6.99. The Hall–Kier alpha value is -2.76. The van der Waals surface area contributed by atoms with Crippen LogP contribution < -0.4 is 0 Å². The van der Waals surface area contributed by atoms with Crippen LogP contribution in [0.15, 0.2) is 36.4 Å². The van der Waals surface area contributed by atoms with E-state index in [0.29, 0.717) is 36.0 Å². The molecule has 1 atom stereocenters. The molecule has 0 bridgehead atoms. The highest BCUT2D eigenvalue weighted by Crippen LogP contribution is 2.39. The zero-order valence-electron chi connectivity index (χ0n) is 17.6. The topological polar surface area (TPSA) is 0 Å².